The first-order valence-electron chi connectivity index (χ1n) is 7.59. The minimum atomic E-state index is -0.935. The number of tetrazole rings is 1. The quantitative estimate of drug-likeness (QED) is 0.417. The molecule has 0 aromatic carbocycles. The molecule has 0 spiro atoms. The molecule has 152 valence electrons. The van der Waals surface area contributed by atoms with Crippen LogP contribution in [0.2, 0.25) is 0 Å². The van der Waals surface area contributed by atoms with Gasteiger partial charge >= 0.3 is 5.97 Å². The zero-order valence-electron chi connectivity index (χ0n) is 14.6. The molecule has 14 heteroatoms. The number of carbonyl (C=O) groups excluding carboxylic acids is 1. The summed E-state index contributed by atoms with van der Waals surface area (Å²) in [5.41, 5.74) is 6.38. The SMILES string of the molecule is CN(C)CCn1nnnc1SCC1=CN2C(=O)[C@@H](N)[C@H]2SC1C(=O)O.Cl.Cl. The highest BCUT2D eigenvalue weighted by atomic mass is 35.5. The third kappa shape index (κ3) is 5.06. The molecule has 2 aliphatic heterocycles. The maximum absolute atomic E-state index is 11.8. The molecule has 1 aromatic rings. The lowest BCUT2D eigenvalue weighted by atomic mass is 10.1. The Kier molecular flexibility index (Phi) is 8.83. The lowest BCUT2D eigenvalue weighted by Gasteiger charge is -2.47. The van der Waals surface area contributed by atoms with E-state index in [4.69, 9.17) is 5.73 Å². The number of nitrogens with zero attached hydrogens (tertiary/aromatic N) is 6. The summed E-state index contributed by atoms with van der Waals surface area (Å²) < 4.78 is 1.68. The fourth-order valence-electron chi connectivity index (χ4n) is 2.48. The largest absolute Gasteiger partial charge is 0.480 e. The molecule has 1 fully saturated rings. The summed E-state index contributed by atoms with van der Waals surface area (Å²) in [5, 5.41) is 20.7. The predicted molar refractivity (Wildman–Crippen MR) is 107 cm³/mol. The molecule has 1 saturated heterocycles. The minimum Gasteiger partial charge on any atom is -0.480 e. The van der Waals surface area contributed by atoms with Crippen LogP contribution in [-0.2, 0) is 16.1 Å². The number of carboxylic acids is 1. The number of amides is 1. The second kappa shape index (κ2) is 9.94. The molecule has 27 heavy (non-hydrogen) atoms. The van der Waals surface area contributed by atoms with E-state index >= 15 is 0 Å². The van der Waals surface area contributed by atoms with Gasteiger partial charge in [0.25, 0.3) is 0 Å². The highest BCUT2D eigenvalue weighted by Gasteiger charge is 2.50. The van der Waals surface area contributed by atoms with Gasteiger partial charge in [0, 0.05) is 18.5 Å². The maximum atomic E-state index is 11.8. The number of nitrogens with two attached hydrogens (primary N) is 1. The average molecular weight is 458 g/mol. The summed E-state index contributed by atoms with van der Waals surface area (Å²) in [6.07, 6.45) is 1.62. The van der Waals surface area contributed by atoms with Crippen molar-refractivity contribution in [3.05, 3.63) is 11.8 Å². The van der Waals surface area contributed by atoms with E-state index < -0.39 is 17.3 Å². The first-order valence-corrected chi connectivity index (χ1v) is 9.51. The molecule has 0 aliphatic carbocycles. The number of likely N-dealkylation sites (N-methyl/N-ethyl adjacent to an activating group) is 1. The van der Waals surface area contributed by atoms with E-state index in [2.05, 4.69) is 15.5 Å². The Labute approximate surface area is 177 Å². The number of thioether (sulfide) groups is 2. The Morgan fingerprint density at radius 2 is 2.15 bits per heavy atom. The van der Waals surface area contributed by atoms with Gasteiger partial charge in [0.15, 0.2) is 0 Å². The van der Waals surface area contributed by atoms with Crippen LogP contribution in [0.25, 0.3) is 0 Å². The van der Waals surface area contributed by atoms with E-state index in [1.807, 2.05) is 19.0 Å². The molecule has 3 rings (SSSR count). The van der Waals surface area contributed by atoms with Gasteiger partial charge in [0.2, 0.25) is 11.1 Å². The van der Waals surface area contributed by atoms with Gasteiger partial charge in [-0.05, 0) is 30.1 Å². The number of hydrogen-bond donors (Lipinski definition) is 2. The molecular formula is C13H21Cl2N7O3S2. The maximum Gasteiger partial charge on any atom is 0.321 e. The fraction of sp³-hybridized carbons (Fsp3) is 0.615. The molecule has 10 nitrogen and oxygen atoms in total. The first kappa shape index (κ1) is 24.0. The summed E-state index contributed by atoms with van der Waals surface area (Å²) in [6, 6.07) is -0.629. The number of rotatable bonds is 7. The molecular weight excluding hydrogens is 437 g/mol. The van der Waals surface area contributed by atoms with E-state index in [-0.39, 0.29) is 36.1 Å². The summed E-state index contributed by atoms with van der Waals surface area (Å²) >= 11 is 2.56. The summed E-state index contributed by atoms with van der Waals surface area (Å²) in [7, 11) is 3.92. The normalized spacial score (nSPS) is 23.7. The molecule has 3 N–H and O–H groups in total. The number of halogens is 2. The summed E-state index contributed by atoms with van der Waals surface area (Å²) in [5.74, 6) is -0.729. The third-order valence-corrected chi connectivity index (χ3v) is 6.49. The van der Waals surface area contributed by atoms with E-state index in [1.165, 1.54) is 28.4 Å². The zero-order chi connectivity index (χ0) is 18.1. The van der Waals surface area contributed by atoms with Crippen molar-refractivity contribution >= 4 is 60.2 Å². The minimum absolute atomic E-state index is 0. The van der Waals surface area contributed by atoms with Crippen molar-refractivity contribution < 1.29 is 14.7 Å². The number of carboxylic acid groups (broad SMARTS) is 1. The van der Waals surface area contributed by atoms with Gasteiger partial charge in [-0.1, -0.05) is 11.8 Å². The lowest BCUT2D eigenvalue weighted by Crippen LogP contribution is -2.67. The number of fused-ring (bicyclic) bond motifs is 1. The average Bonchev–Trinajstić information content (AvgIpc) is 3.03. The number of aliphatic carboxylic acids is 1. The van der Waals surface area contributed by atoms with Crippen LogP contribution < -0.4 is 5.73 Å². The van der Waals surface area contributed by atoms with Crippen molar-refractivity contribution in [2.75, 3.05) is 26.4 Å². The standard InChI is InChI=1S/C13H19N7O3S2.2ClH/c1-18(2)3-4-20-13(15-16-17-20)24-6-7-5-19-10(21)8(14)11(19)25-9(7)12(22)23;;/h5,8-9,11H,3-4,6,14H2,1-2H3,(H,22,23);2*1H/t8-,9?,11-;;/m1../s1. The van der Waals surface area contributed by atoms with Crippen LogP contribution in [-0.4, -0.2) is 90.0 Å². The monoisotopic (exact) mass is 457 g/mol. The Bertz CT molecular complexity index is 718. The molecule has 0 bridgehead atoms. The number of aromatic nitrogens is 4. The highest BCUT2D eigenvalue weighted by molar-refractivity contribution is 8.02. The Balaban J connectivity index is 0.00000182. The second-order valence-electron chi connectivity index (χ2n) is 6.00. The number of hydrogen-bond acceptors (Lipinski definition) is 9. The van der Waals surface area contributed by atoms with E-state index in [0.717, 1.165) is 6.54 Å². The smallest absolute Gasteiger partial charge is 0.321 e. The van der Waals surface area contributed by atoms with Gasteiger partial charge in [0.05, 0.1) is 6.54 Å². The summed E-state index contributed by atoms with van der Waals surface area (Å²) in [6.45, 7) is 1.43. The summed E-state index contributed by atoms with van der Waals surface area (Å²) in [4.78, 5) is 26.9. The van der Waals surface area contributed by atoms with Crippen molar-refractivity contribution in [3.63, 3.8) is 0 Å². The van der Waals surface area contributed by atoms with Crippen LogP contribution in [0.15, 0.2) is 16.9 Å². The van der Waals surface area contributed by atoms with Crippen LogP contribution >= 0.6 is 48.3 Å². The molecule has 1 aromatic heterocycles. The Morgan fingerprint density at radius 1 is 1.44 bits per heavy atom. The van der Waals surface area contributed by atoms with Crippen molar-refractivity contribution in [1.29, 1.82) is 0 Å². The van der Waals surface area contributed by atoms with Crippen LogP contribution in [0.3, 0.4) is 0 Å². The van der Waals surface area contributed by atoms with Gasteiger partial charge in [-0.25, -0.2) is 4.68 Å². The van der Waals surface area contributed by atoms with Gasteiger partial charge in [0.1, 0.15) is 16.7 Å². The van der Waals surface area contributed by atoms with Gasteiger partial charge in [-0.2, -0.15) is 0 Å². The molecule has 1 amide bonds. The van der Waals surface area contributed by atoms with Gasteiger partial charge in [-0.3, -0.25) is 9.59 Å². The first-order chi connectivity index (χ1) is 11.9. The Morgan fingerprint density at radius 3 is 2.78 bits per heavy atom. The number of carbonyl (C=O) groups is 2. The number of β-lactam (4-membered cyclic amide) rings is 1. The lowest BCUT2D eigenvalue weighted by molar-refractivity contribution is -0.141. The third-order valence-electron chi connectivity index (χ3n) is 3.89. The van der Waals surface area contributed by atoms with Crippen LogP contribution in [0.5, 0.6) is 0 Å². The van der Waals surface area contributed by atoms with Crippen LogP contribution in [0.1, 0.15) is 0 Å². The highest BCUT2D eigenvalue weighted by Crippen LogP contribution is 2.41. The molecule has 3 heterocycles. The van der Waals surface area contributed by atoms with Crippen molar-refractivity contribution in [2.45, 2.75) is 28.4 Å². The van der Waals surface area contributed by atoms with Crippen LogP contribution in [0.4, 0.5) is 0 Å². The molecule has 0 radical (unpaired) electrons. The van der Waals surface area contributed by atoms with Crippen molar-refractivity contribution in [1.82, 2.24) is 30.0 Å². The fourth-order valence-corrected chi connectivity index (χ4v) is 4.79. The van der Waals surface area contributed by atoms with E-state index in [0.29, 0.717) is 23.0 Å². The van der Waals surface area contributed by atoms with E-state index in [9.17, 15) is 14.7 Å². The van der Waals surface area contributed by atoms with Gasteiger partial charge < -0.3 is 20.6 Å². The topological polar surface area (TPSA) is 130 Å². The second-order valence-corrected chi connectivity index (χ2v) is 8.17. The van der Waals surface area contributed by atoms with Gasteiger partial charge in [-0.15, -0.1) is 41.7 Å². The van der Waals surface area contributed by atoms with Crippen molar-refractivity contribution in [3.8, 4) is 0 Å². The van der Waals surface area contributed by atoms with E-state index in [1.54, 1.807) is 10.9 Å². The molecule has 0 saturated carbocycles. The molecule has 2 aliphatic rings. The zero-order valence-corrected chi connectivity index (χ0v) is 17.9. The molecule has 1 unspecified atom stereocenters. The Hall–Kier alpha value is -1.05. The van der Waals surface area contributed by atoms with Crippen LogP contribution in [0, 0.1) is 0 Å². The van der Waals surface area contributed by atoms with Crippen molar-refractivity contribution in [2.24, 2.45) is 5.73 Å². The predicted octanol–water partition coefficient (Wildman–Crippen LogP) is -0.250. The molecule has 3 atom stereocenters.